The molecule has 0 aliphatic rings. The Bertz CT molecular complexity index is 374. The summed E-state index contributed by atoms with van der Waals surface area (Å²) < 4.78 is 0. The first-order valence-corrected chi connectivity index (χ1v) is 6.20. The Morgan fingerprint density at radius 2 is 2.00 bits per heavy atom. The number of nitrogens with one attached hydrogen (secondary N) is 1. The van der Waals surface area contributed by atoms with Crippen molar-refractivity contribution in [2.75, 3.05) is 6.54 Å². The van der Waals surface area contributed by atoms with Gasteiger partial charge in [0.15, 0.2) is 0 Å². The van der Waals surface area contributed by atoms with Crippen molar-refractivity contribution < 1.29 is 0 Å². The zero-order valence-corrected chi connectivity index (χ0v) is 11.3. The summed E-state index contributed by atoms with van der Waals surface area (Å²) in [4.78, 5) is 0. The van der Waals surface area contributed by atoms with E-state index in [1.54, 1.807) is 0 Å². The standard InChI is InChI=1S/C12H14N2.C4H8/c1-2-3-9-14-12(10-13)11-7-5-4-6-8-11;1-3-4-2/h2-8,12,14H,9H2,1H3;3H,1,4H2,2H3/b3-2+;. The molecule has 0 amide bonds. The summed E-state index contributed by atoms with van der Waals surface area (Å²) in [6.07, 6.45) is 6.92. The molecule has 1 aromatic rings. The minimum atomic E-state index is -0.215. The van der Waals surface area contributed by atoms with Crippen LogP contribution < -0.4 is 5.32 Å². The van der Waals surface area contributed by atoms with Crippen LogP contribution in [-0.4, -0.2) is 6.54 Å². The van der Waals surface area contributed by atoms with Crippen LogP contribution in [0.15, 0.2) is 55.1 Å². The molecule has 0 saturated heterocycles. The molecule has 1 N–H and O–H groups in total. The molecule has 0 bridgehead atoms. The molecule has 1 unspecified atom stereocenters. The summed E-state index contributed by atoms with van der Waals surface area (Å²) in [6.45, 7) is 8.23. The number of nitrogens with zero attached hydrogens (tertiary/aromatic N) is 1. The van der Waals surface area contributed by atoms with Gasteiger partial charge in [0.05, 0.1) is 6.07 Å². The molecule has 18 heavy (non-hydrogen) atoms. The lowest BCUT2D eigenvalue weighted by molar-refractivity contribution is 0.683. The molecular formula is C16H22N2. The van der Waals surface area contributed by atoms with E-state index < -0.39 is 0 Å². The normalized spacial score (nSPS) is 11.2. The minimum absolute atomic E-state index is 0.215. The summed E-state index contributed by atoms with van der Waals surface area (Å²) in [5.41, 5.74) is 1.01. The number of rotatable bonds is 5. The molecule has 0 spiro atoms. The van der Waals surface area contributed by atoms with Crippen LogP contribution in [0, 0.1) is 11.3 Å². The van der Waals surface area contributed by atoms with Gasteiger partial charge in [0.1, 0.15) is 6.04 Å². The lowest BCUT2D eigenvalue weighted by Gasteiger charge is -2.09. The second kappa shape index (κ2) is 11.6. The van der Waals surface area contributed by atoms with E-state index in [4.69, 9.17) is 5.26 Å². The number of hydrogen-bond donors (Lipinski definition) is 1. The molecule has 0 saturated carbocycles. The highest BCUT2D eigenvalue weighted by Gasteiger charge is 2.06. The van der Waals surface area contributed by atoms with E-state index in [9.17, 15) is 0 Å². The van der Waals surface area contributed by atoms with Crippen LogP contribution >= 0.6 is 0 Å². The van der Waals surface area contributed by atoms with Crippen LogP contribution in [0.1, 0.15) is 31.9 Å². The maximum Gasteiger partial charge on any atom is 0.121 e. The summed E-state index contributed by atoms with van der Waals surface area (Å²) in [5.74, 6) is 0. The van der Waals surface area contributed by atoms with Crippen LogP contribution in [0.25, 0.3) is 0 Å². The van der Waals surface area contributed by atoms with Gasteiger partial charge < -0.3 is 0 Å². The highest BCUT2D eigenvalue weighted by atomic mass is 14.9. The minimum Gasteiger partial charge on any atom is -0.295 e. The first-order chi connectivity index (χ1) is 8.79. The number of nitriles is 1. The van der Waals surface area contributed by atoms with Crippen LogP contribution in [0.3, 0.4) is 0 Å². The molecule has 1 atom stereocenters. The van der Waals surface area contributed by atoms with Gasteiger partial charge >= 0.3 is 0 Å². The van der Waals surface area contributed by atoms with Gasteiger partial charge in [0, 0.05) is 6.54 Å². The van der Waals surface area contributed by atoms with Crippen molar-refractivity contribution in [2.45, 2.75) is 26.3 Å². The third-order valence-corrected chi connectivity index (χ3v) is 2.23. The monoisotopic (exact) mass is 242 g/mol. The molecular weight excluding hydrogens is 220 g/mol. The van der Waals surface area contributed by atoms with Gasteiger partial charge in [-0.25, -0.2) is 0 Å². The van der Waals surface area contributed by atoms with E-state index in [1.807, 2.05) is 55.5 Å². The number of benzene rings is 1. The SMILES string of the molecule is C/C=C/CNC(C#N)c1ccccc1.C=CCC. The molecule has 0 aromatic heterocycles. The van der Waals surface area contributed by atoms with Crippen LogP contribution in [0.2, 0.25) is 0 Å². The Hall–Kier alpha value is -1.85. The zero-order chi connectivity index (χ0) is 13.6. The number of hydrogen-bond acceptors (Lipinski definition) is 2. The Kier molecular flexibility index (Phi) is 10.4. The fourth-order valence-electron chi connectivity index (χ4n) is 1.19. The Morgan fingerprint density at radius 3 is 2.44 bits per heavy atom. The highest BCUT2D eigenvalue weighted by molar-refractivity contribution is 5.23. The Labute approximate surface area is 111 Å². The quantitative estimate of drug-likeness (QED) is 0.792. The Morgan fingerprint density at radius 1 is 1.39 bits per heavy atom. The van der Waals surface area contributed by atoms with Crippen molar-refractivity contribution in [3.63, 3.8) is 0 Å². The smallest absolute Gasteiger partial charge is 0.121 e. The van der Waals surface area contributed by atoms with Crippen molar-refractivity contribution in [3.8, 4) is 6.07 Å². The topological polar surface area (TPSA) is 35.8 Å². The van der Waals surface area contributed by atoms with Gasteiger partial charge in [-0.15, -0.1) is 6.58 Å². The fraction of sp³-hybridized carbons (Fsp3) is 0.312. The van der Waals surface area contributed by atoms with Crippen molar-refractivity contribution in [1.29, 1.82) is 5.26 Å². The Balaban J connectivity index is 0.000000631. The van der Waals surface area contributed by atoms with E-state index in [2.05, 4.69) is 24.9 Å². The molecule has 96 valence electrons. The first kappa shape index (κ1) is 16.1. The molecule has 2 heteroatoms. The molecule has 0 heterocycles. The van der Waals surface area contributed by atoms with Gasteiger partial charge in [-0.05, 0) is 18.9 Å². The third kappa shape index (κ3) is 7.43. The maximum atomic E-state index is 8.94. The van der Waals surface area contributed by atoms with Gasteiger partial charge in [-0.2, -0.15) is 5.26 Å². The summed E-state index contributed by atoms with van der Waals surface area (Å²) in [5, 5.41) is 12.1. The second-order valence-corrected chi connectivity index (χ2v) is 3.65. The summed E-state index contributed by atoms with van der Waals surface area (Å²) in [6, 6.07) is 11.8. The summed E-state index contributed by atoms with van der Waals surface area (Å²) in [7, 11) is 0. The van der Waals surface area contributed by atoms with E-state index in [-0.39, 0.29) is 6.04 Å². The van der Waals surface area contributed by atoms with Gasteiger partial charge in [0.25, 0.3) is 0 Å². The molecule has 0 aliphatic carbocycles. The van der Waals surface area contributed by atoms with Gasteiger partial charge in [0.2, 0.25) is 0 Å². The molecule has 0 radical (unpaired) electrons. The highest BCUT2D eigenvalue weighted by Crippen LogP contribution is 2.10. The average Bonchev–Trinajstić information content (AvgIpc) is 2.45. The predicted molar refractivity (Wildman–Crippen MR) is 78.1 cm³/mol. The van der Waals surface area contributed by atoms with Gasteiger partial charge in [-0.1, -0.05) is 55.5 Å². The van der Waals surface area contributed by atoms with Crippen LogP contribution in [-0.2, 0) is 0 Å². The van der Waals surface area contributed by atoms with E-state index in [0.717, 1.165) is 18.5 Å². The van der Waals surface area contributed by atoms with Crippen molar-refractivity contribution in [3.05, 3.63) is 60.7 Å². The second-order valence-electron chi connectivity index (χ2n) is 3.65. The third-order valence-electron chi connectivity index (χ3n) is 2.23. The summed E-state index contributed by atoms with van der Waals surface area (Å²) >= 11 is 0. The molecule has 0 fully saturated rings. The van der Waals surface area contributed by atoms with Crippen molar-refractivity contribution in [2.24, 2.45) is 0 Å². The predicted octanol–water partition coefficient (Wildman–Crippen LogP) is 4.00. The van der Waals surface area contributed by atoms with Crippen molar-refractivity contribution in [1.82, 2.24) is 5.32 Å². The fourth-order valence-corrected chi connectivity index (χ4v) is 1.19. The van der Waals surface area contributed by atoms with E-state index in [0.29, 0.717) is 0 Å². The molecule has 2 nitrogen and oxygen atoms in total. The zero-order valence-electron chi connectivity index (χ0n) is 11.3. The molecule has 0 aliphatic heterocycles. The lowest BCUT2D eigenvalue weighted by atomic mass is 10.1. The van der Waals surface area contributed by atoms with E-state index >= 15 is 0 Å². The average molecular weight is 242 g/mol. The largest absolute Gasteiger partial charge is 0.295 e. The van der Waals surface area contributed by atoms with Crippen LogP contribution in [0.4, 0.5) is 0 Å². The van der Waals surface area contributed by atoms with Crippen LogP contribution in [0.5, 0.6) is 0 Å². The number of allylic oxidation sites excluding steroid dienone is 2. The van der Waals surface area contributed by atoms with Crippen molar-refractivity contribution >= 4 is 0 Å². The van der Waals surface area contributed by atoms with Gasteiger partial charge in [-0.3, -0.25) is 5.32 Å². The lowest BCUT2D eigenvalue weighted by Crippen LogP contribution is -2.19. The molecule has 1 rings (SSSR count). The molecule has 1 aromatic carbocycles. The van der Waals surface area contributed by atoms with E-state index in [1.165, 1.54) is 0 Å². The maximum absolute atomic E-state index is 8.94. The first-order valence-electron chi connectivity index (χ1n) is 6.20.